The van der Waals surface area contributed by atoms with Crippen molar-refractivity contribution in [1.82, 2.24) is 72.7 Å². The number of nitrogens with zero attached hydrogens (tertiary/aromatic N) is 15. The number of aliphatic carboxylic acids is 1. The number of allylic oxidation sites excluding steroid dienone is 1. The molecule has 0 atom stereocenters. The largest absolute Gasteiger partial charge is 0.480 e. The van der Waals surface area contributed by atoms with Crippen molar-refractivity contribution >= 4 is 221 Å². The zero-order valence-electron chi connectivity index (χ0n) is 57.4. The lowest BCUT2D eigenvalue weighted by atomic mass is 10.2. The number of carboxylic acids is 1. The normalized spacial score (nSPS) is 11.6. The molecule has 0 bridgehead atoms. The maximum atomic E-state index is 11.2. The Morgan fingerprint density at radius 1 is 0.419 bits per heavy atom. The Balaban J connectivity index is 0.000000101. The number of rotatable bonds is 10. The highest BCUT2D eigenvalue weighted by atomic mass is 79.9. The number of fused-ring (bicyclic) bond motifs is 20. The molecule has 20 heteroatoms. The van der Waals surface area contributed by atoms with Gasteiger partial charge in [-0.25, -0.2) is 49.8 Å². The molecule has 0 saturated heterocycles. The van der Waals surface area contributed by atoms with Crippen LogP contribution < -0.4 is 0 Å². The average Bonchev–Trinajstić information content (AvgIpc) is 1.63. The summed E-state index contributed by atoms with van der Waals surface area (Å²) in [5.74, 6) is -0.376. The van der Waals surface area contributed by atoms with Crippen LogP contribution in [0.2, 0.25) is 5.02 Å². The number of aryl methyl sites for hydroxylation is 1. The van der Waals surface area contributed by atoms with Gasteiger partial charge in [-0.3, -0.25) is 9.36 Å². The van der Waals surface area contributed by atoms with E-state index in [1.54, 1.807) is 29.0 Å². The molecule has 20 rings (SSSR count). The van der Waals surface area contributed by atoms with E-state index in [1.165, 1.54) is 22.8 Å². The van der Waals surface area contributed by atoms with Gasteiger partial charge >= 0.3 is 5.97 Å². The van der Waals surface area contributed by atoms with Crippen LogP contribution in [0.25, 0.3) is 172 Å². The first-order valence-corrected chi connectivity index (χ1v) is 36.5. The van der Waals surface area contributed by atoms with Gasteiger partial charge in [0.2, 0.25) is 0 Å². The Morgan fingerprint density at radius 3 is 1.21 bits per heavy atom. The number of hydrogen-bond donors (Lipinski definition) is 1. The molecule has 20 aromatic rings. The van der Waals surface area contributed by atoms with Gasteiger partial charge in [0.15, 0.2) is 28.2 Å². The third-order valence-corrected chi connectivity index (χ3v) is 19.7. The maximum absolute atomic E-state index is 11.2. The third kappa shape index (κ3) is 12.9. The Morgan fingerprint density at radius 2 is 0.762 bits per heavy atom. The number of unbranched alkanes of at least 4 members (excludes halogenated alkanes) is 1. The second-order valence-electron chi connectivity index (χ2n) is 25.9. The molecule has 0 fully saturated rings. The fourth-order valence-corrected chi connectivity index (χ4v) is 14.7. The minimum absolute atomic E-state index is 0.172. The van der Waals surface area contributed by atoms with Crippen LogP contribution in [0.4, 0.5) is 0 Å². The summed E-state index contributed by atoms with van der Waals surface area (Å²) in [6.07, 6.45) is 6.00. The topological polar surface area (TPSA) is 191 Å². The molecule has 17 nitrogen and oxygen atoms in total. The summed E-state index contributed by atoms with van der Waals surface area (Å²) in [7, 11) is 0. The molecule has 10 aromatic heterocycles. The molecule has 0 aliphatic heterocycles. The second kappa shape index (κ2) is 28.7. The van der Waals surface area contributed by atoms with Crippen molar-refractivity contribution in [2.24, 2.45) is 5.92 Å². The summed E-state index contributed by atoms with van der Waals surface area (Å²) in [5.41, 5.74) is 23.2. The summed E-state index contributed by atoms with van der Waals surface area (Å²) >= 11 is 13.2. The van der Waals surface area contributed by atoms with Gasteiger partial charge in [-0.15, -0.1) is 6.58 Å². The smallest absolute Gasteiger partial charge is 0.323 e. The van der Waals surface area contributed by atoms with Gasteiger partial charge < -0.3 is 23.4 Å². The van der Waals surface area contributed by atoms with Crippen LogP contribution in [-0.4, -0.2) is 83.8 Å². The summed E-state index contributed by atoms with van der Waals surface area (Å²) < 4.78 is 12.5. The lowest BCUT2D eigenvalue weighted by molar-refractivity contribution is -0.137. The predicted molar refractivity (Wildman–Crippen MR) is 437 cm³/mol. The number of carbonyl (C=O) groups is 1. The SMILES string of the molecule is C=CCn1c2ccc(Br)cc2c2nc3ccccc3nc21.C=Cn1c2ccccc2c2nc3ccccc3nc21.CC(C)Cn1c2ccc(Br)cc2c2nc3ccccc3nc21.CCCCn1c2ccccc2c2nc3ccccc3nc21.O=C(O)Cn1c2ccc(Cl)cc2c2nc3ccccc3nc21. The van der Waals surface area contributed by atoms with E-state index in [-0.39, 0.29) is 6.54 Å². The van der Waals surface area contributed by atoms with Crippen LogP contribution in [-0.2, 0) is 31.0 Å². The maximum Gasteiger partial charge on any atom is 0.323 e. The molecule has 0 aliphatic rings. The fraction of sp³-hybridized carbons (Fsp3) is 0.118. The monoisotopic (exact) mass is 1520 g/mol. The molecule has 0 unspecified atom stereocenters. The lowest BCUT2D eigenvalue weighted by Crippen LogP contribution is -2.09. The number of halogens is 3. The summed E-state index contributed by atoms with van der Waals surface area (Å²) in [6, 6.07) is 74.1. The molecular formula is C85H66Br2ClN15O2. The van der Waals surface area contributed by atoms with Gasteiger partial charge in [0, 0.05) is 66.7 Å². The van der Waals surface area contributed by atoms with E-state index in [4.69, 9.17) is 51.5 Å². The number of carboxylic acid groups (broad SMARTS) is 1. The summed E-state index contributed by atoms with van der Waals surface area (Å²) in [4.78, 5) is 59.0. The van der Waals surface area contributed by atoms with E-state index in [0.717, 1.165) is 166 Å². The van der Waals surface area contributed by atoms with Gasteiger partial charge in [0.25, 0.3) is 0 Å². The summed E-state index contributed by atoms with van der Waals surface area (Å²) in [6.45, 7) is 16.9. The van der Waals surface area contributed by atoms with Gasteiger partial charge in [0.05, 0.1) is 82.8 Å². The van der Waals surface area contributed by atoms with Crippen LogP contribution in [0.5, 0.6) is 0 Å². The van der Waals surface area contributed by atoms with Crippen LogP contribution in [0.15, 0.2) is 253 Å². The first-order valence-electron chi connectivity index (χ1n) is 34.6. The van der Waals surface area contributed by atoms with Crippen LogP contribution in [0.3, 0.4) is 0 Å². The quantitative estimate of drug-likeness (QED) is 0.128. The molecule has 10 aromatic carbocycles. The minimum Gasteiger partial charge on any atom is -0.480 e. The van der Waals surface area contributed by atoms with Gasteiger partial charge in [-0.2, -0.15) is 0 Å². The van der Waals surface area contributed by atoms with Crippen LogP contribution in [0, 0.1) is 5.92 Å². The first-order chi connectivity index (χ1) is 51.3. The lowest BCUT2D eigenvalue weighted by Gasteiger charge is -2.09. The van der Waals surface area contributed by atoms with Crippen molar-refractivity contribution < 1.29 is 9.90 Å². The molecule has 105 heavy (non-hydrogen) atoms. The van der Waals surface area contributed by atoms with Crippen molar-refractivity contribution in [3.63, 3.8) is 0 Å². The van der Waals surface area contributed by atoms with Gasteiger partial charge in [-0.05, 0) is 140 Å². The molecular weight excluding hydrogens is 1460 g/mol. The standard InChI is InChI=1S/C18H16BrN3.C18H17N3.C17H12BrN3.C16H10ClN3O2.C16H11N3/c1-11(2)10-22-16-8-7-12(19)9-13(16)17-18(22)21-15-6-4-3-5-14(15)20-17;1-2-3-12-21-16-11-7-4-8-13(16)17-18(21)20-15-10-6-5-9-14(15)19-17;1-2-9-21-15-8-7-11(18)10-12(15)16-17(21)20-14-6-4-3-5-13(14)19-16;17-9-5-6-13-10(7-9)15-16(20(13)8-14(21)22)19-12-4-2-1-3-11(12)18-15;1-2-19-14-10-6-3-7-11(14)15-16(19)18-13-9-5-4-8-12(13)17-15/h3-9,11H,10H2,1-2H3;4-11H,2-3,12H2,1H3;2-8,10H,1,9H2;1-7H,8H2,(H,21,22);2-10H,1H2. The highest BCUT2D eigenvalue weighted by molar-refractivity contribution is 9.10. The number of hydrogen-bond acceptors (Lipinski definition) is 11. The Kier molecular flexibility index (Phi) is 18.5. The predicted octanol–water partition coefficient (Wildman–Crippen LogP) is 21.7. The third-order valence-electron chi connectivity index (χ3n) is 18.5. The first kappa shape index (κ1) is 67.6. The highest BCUT2D eigenvalue weighted by Gasteiger charge is 2.21. The molecule has 0 saturated carbocycles. The zero-order chi connectivity index (χ0) is 72.0. The minimum atomic E-state index is -0.927. The molecule has 1 N–H and O–H groups in total. The zero-order valence-corrected chi connectivity index (χ0v) is 61.4. The Labute approximate surface area is 622 Å². The summed E-state index contributed by atoms with van der Waals surface area (Å²) in [5, 5.41) is 15.1. The van der Waals surface area contributed by atoms with Crippen molar-refractivity contribution in [3.8, 4) is 0 Å². The number of aromatic nitrogens is 15. The van der Waals surface area contributed by atoms with Crippen LogP contribution >= 0.6 is 43.5 Å². The van der Waals surface area contributed by atoms with E-state index in [1.807, 2.05) is 150 Å². The molecule has 0 spiro atoms. The molecule has 514 valence electrons. The van der Waals surface area contributed by atoms with Crippen molar-refractivity contribution in [3.05, 3.63) is 258 Å². The van der Waals surface area contributed by atoms with E-state index >= 15 is 0 Å². The molecule has 0 radical (unpaired) electrons. The van der Waals surface area contributed by atoms with Gasteiger partial charge in [-0.1, -0.05) is 180 Å². The number of benzene rings is 10. The Bertz CT molecular complexity index is 6840. The Hall–Kier alpha value is -11.9. The van der Waals surface area contributed by atoms with E-state index in [2.05, 4.69) is 156 Å². The fourth-order valence-electron chi connectivity index (χ4n) is 13.8. The van der Waals surface area contributed by atoms with Crippen LogP contribution in [0.1, 0.15) is 33.6 Å². The van der Waals surface area contributed by atoms with Crippen molar-refractivity contribution in [1.29, 1.82) is 0 Å². The molecule has 0 aliphatic carbocycles. The second-order valence-corrected chi connectivity index (χ2v) is 28.2. The number of para-hydroxylation sites is 12. The van der Waals surface area contributed by atoms with Gasteiger partial charge in [0.1, 0.15) is 34.1 Å². The average molecular weight is 1520 g/mol. The molecule has 0 amide bonds. The molecule has 10 heterocycles. The van der Waals surface area contributed by atoms with E-state index in [0.29, 0.717) is 28.6 Å². The van der Waals surface area contributed by atoms with E-state index in [9.17, 15) is 9.90 Å². The van der Waals surface area contributed by atoms with Crippen molar-refractivity contribution in [2.75, 3.05) is 0 Å². The van der Waals surface area contributed by atoms with Crippen molar-refractivity contribution in [2.45, 2.75) is 59.8 Å². The highest BCUT2D eigenvalue weighted by Crippen LogP contribution is 2.36. The van der Waals surface area contributed by atoms with E-state index < -0.39 is 5.97 Å².